The van der Waals surface area contributed by atoms with Gasteiger partial charge in [-0.3, -0.25) is 19.7 Å². The van der Waals surface area contributed by atoms with Crippen molar-refractivity contribution >= 4 is 29.5 Å². The molecule has 1 unspecified atom stereocenters. The molecule has 0 aromatic heterocycles. The average molecular weight is 459 g/mol. The highest BCUT2D eigenvalue weighted by Crippen LogP contribution is 2.15. The lowest BCUT2D eigenvalue weighted by molar-refractivity contribution is -0.384. The molecule has 2 amide bonds. The Hall–Kier alpha value is -4.79. The molecule has 3 N–H and O–H groups in total. The lowest BCUT2D eigenvalue weighted by Crippen LogP contribution is -2.45. The lowest BCUT2D eigenvalue weighted by Gasteiger charge is -2.17. The number of aliphatic carboxylic acids is 1. The number of non-ortho nitro benzene ring substituents is 1. The van der Waals surface area contributed by atoms with Gasteiger partial charge in [-0.2, -0.15) is 0 Å². The number of nitrogens with zero attached hydrogens (tertiary/aromatic N) is 1. The summed E-state index contributed by atoms with van der Waals surface area (Å²) in [5.74, 6) is -2.62. The molecule has 0 radical (unpaired) electrons. The number of hydrogen-bond donors (Lipinski definition) is 3. The number of carboxylic acids is 1. The van der Waals surface area contributed by atoms with E-state index < -0.39 is 28.7 Å². The molecule has 3 aromatic carbocycles. The van der Waals surface area contributed by atoms with Crippen LogP contribution in [0.25, 0.3) is 6.08 Å². The molecule has 0 saturated carbocycles. The Morgan fingerprint density at radius 3 is 2.06 bits per heavy atom. The molecular weight excluding hydrogens is 438 g/mol. The van der Waals surface area contributed by atoms with Crippen molar-refractivity contribution in [2.24, 2.45) is 0 Å². The van der Waals surface area contributed by atoms with Crippen molar-refractivity contribution in [3.63, 3.8) is 0 Å². The zero-order chi connectivity index (χ0) is 24.5. The van der Waals surface area contributed by atoms with E-state index in [-0.39, 0.29) is 17.8 Å². The van der Waals surface area contributed by atoms with E-state index in [1.807, 2.05) is 0 Å². The van der Waals surface area contributed by atoms with Crippen LogP contribution in [0.15, 0.2) is 90.6 Å². The fraction of sp³-hybridized carbons (Fsp3) is 0.0800. The summed E-state index contributed by atoms with van der Waals surface area (Å²) in [5, 5.41) is 25.5. The van der Waals surface area contributed by atoms with Crippen molar-refractivity contribution < 1.29 is 24.4 Å². The summed E-state index contributed by atoms with van der Waals surface area (Å²) in [6, 6.07) is 21.1. The molecule has 0 spiro atoms. The standard InChI is InChI=1S/C25H21N3O6/c29-23(19-9-5-2-6-10-19)26-21(15-18-11-13-20(14-12-18)28(33)34)24(30)27-22(25(31)32)16-17-7-3-1-4-8-17/h1-15,22H,16H2,(H,26,29)(H,27,30)(H,31,32). The van der Waals surface area contributed by atoms with Crippen molar-refractivity contribution in [3.05, 3.63) is 117 Å². The molecular formula is C25H21N3O6. The van der Waals surface area contributed by atoms with Crippen LogP contribution in [0, 0.1) is 10.1 Å². The Kier molecular flexibility index (Phi) is 7.85. The first kappa shape index (κ1) is 23.9. The molecule has 0 saturated heterocycles. The zero-order valence-electron chi connectivity index (χ0n) is 17.9. The minimum absolute atomic E-state index is 0.0410. The van der Waals surface area contributed by atoms with Crippen LogP contribution in [-0.4, -0.2) is 33.9 Å². The van der Waals surface area contributed by atoms with Gasteiger partial charge in [0.15, 0.2) is 0 Å². The van der Waals surface area contributed by atoms with Gasteiger partial charge >= 0.3 is 5.97 Å². The van der Waals surface area contributed by atoms with E-state index in [0.717, 1.165) is 0 Å². The number of carboxylic acid groups (broad SMARTS) is 1. The fourth-order valence-corrected chi connectivity index (χ4v) is 3.09. The average Bonchev–Trinajstić information content (AvgIpc) is 2.84. The normalized spacial score (nSPS) is 11.8. The van der Waals surface area contributed by atoms with Gasteiger partial charge in [0.25, 0.3) is 17.5 Å². The monoisotopic (exact) mass is 459 g/mol. The Morgan fingerprint density at radius 1 is 0.912 bits per heavy atom. The van der Waals surface area contributed by atoms with E-state index in [0.29, 0.717) is 16.7 Å². The number of nitro benzene ring substituents is 1. The number of benzene rings is 3. The quantitative estimate of drug-likeness (QED) is 0.255. The largest absolute Gasteiger partial charge is 0.480 e. The van der Waals surface area contributed by atoms with Gasteiger partial charge in [0, 0.05) is 24.1 Å². The van der Waals surface area contributed by atoms with Crippen LogP contribution in [0.5, 0.6) is 0 Å². The molecule has 0 fully saturated rings. The summed E-state index contributed by atoms with van der Waals surface area (Å²) in [5.41, 5.74) is 1.07. The number of amides is 2. The van der Waals surface area contributed by atoms with Crippen LogP contribution >= 0.6 is 0 Å². The lowest BCUT2D eigenvalue weighted by atomic mass is 10.1. The summed E-state index contributed by atoms with van der Waals surface area (Å²) in [4.78, 5) is 47.8. The van der Waals surface area contributed by atoms with E-state index in [9.17, 15) is 29.6 Å². The van der Waals surface area contributed by atoms with E-state index in [2.05, 4.69) is 10.6 Å². The van der Waals surface area contributed by atoms with Gasteiger partial charge in [-0.1, -0.05) is 48.5 Å². The molecule has 1 atom stereocenters. The third kappa shape index (κ3) is 6.60. The summed E-state index contributed by atoms with van der Waals surface area (Å²) >= 11 is 0. The van der Waals surface area contributed by atoms with E-state index in [1.165, 1.54) is 30.3 Å². The molecule has 0 heterocycles. The summed E-state index contributed by atoms with van der Waals surface area (Å²) in [7, 11) is 0. The van der Waals surface area contributed by atoms with E-state index >= 15 is 0 Å². The predicted molar refractivity (Wildman–Crippen MR) is 125 cm³/mol. The first-order valence-electron chi connectivity index (χ1n) is 10.2. The second kappa shape index (κ2) is 11.2. The van der Waals surface area contributed by atoms with Crippen molar-refractivity contribution in [3.8, 4) is 0 Å². The van der Waals surface area contributed by atoms with E-state index in [4.69, 9.17) is 0 Å². The van der Waals surface area contributed by atoms with E-state index in [1.54, 1.807) is 60.7 Å². The smallest absolute Gasteiger partial charge is 0.326 e. The van der Waals surface area contributed by atoms with Crippen LogP contribution in [0.3, 0.4) is 0 Å². The molecule has 3 rings (SSSR count). The fourth-order valence-electron chi connectivity index (χ4n) is 3.09. The minimum Gasteiger partial charge on any atom is -0.480 e. The maximum absolute atomic E-state index is 13.0. The molecule has 0 bridgehead atoms. The number of carbonyl (C=O) groups excluding carboxylic acids is 2. The topological polar surface area (TPSA) is 139 Å². The van der Waals surface area contributed by atoms with Crippen LogP contribution in [0.1, 0.15) is 21.5 Å². The van der Waals surface area contributed by atoms with Crippen LogP contribution in [-0.2, 0) is 16.0 Å². The Balaban J connectivity index is 1.87. The van der Waals surface area contributed by atoms with Crippen molar-refractivity contribution in [1.29, 1.82) is 0 Å². The first-order chi connectivity index (χ1) is 16.3. The molecule has 172 valence electrons. The van der Waals surface area contributed by atoms with Crippen LogP contribution in [0.4, 0.5) is 5.69 Å². The molecule has 3 aromatic rings. The molecule has 0 aliphatic rings. The van der Waals surface area contributed by atoms with Crippen LogP contribution in [0.2, 0.25) is 0 Å². The Morgan fingerprint density at radius 2 is 1.50 bits per heavy atom. The highest BCUT2D eigenvalue weighted by atomic mass is 16.6. The van der Waals surface area contributed by atoms with Gasteiger partial charge in [-0.05, 0) is 41.5 Å². The number of nitrogens with one attached hydrogen (secondary N) is 2. The second-order valence-electron chi connectivity index (χ2n) is 7.28. The molecule has 0 aliphatic heterocycles. The minimum atomic E-state index is -1.25. The first-order valence-corrected chi connectivity index (χ1v) is 10.2. The Labute approximate surface area is 194 Å². The molecule has 34 heavy (non-hydrogen) atoms. The van der Waals surface area contributed by atoms with Gasteiger partial charge in [0.05, 0.1) is 4.92 Å². The number of hydrogen-bond acceptors (Lipinski definition) is 5. The van der Waals surface area contributed by atoms with Crippen molar-refractivity contribution in [2.75, 3.05) is 0 Å². The zero-order valence-corrected chi connectivity index (χ0v) is 17.9. The third-order valence-electron chi connectivity index (χ3n) is 4.83. The van der Waals surface area contributed by atoms with Crippen molar-refractivity contribution in [1.82, 2.24) is 10.6 Å². The highest BCUT2D eigenvalue weighted by molar-refractivity contribution is 6.06. The highest BCUT2D eigenvalue weighted by Gasteiger charge is 2.23. The molecule has 9 nitrogen and oxygen atoms in total. The predicted octanol–water partition coefficient (Wildman–Crippen LogP) is 3.18. The SMILES string of the molecule is O=C(NC(Cc1ccccc1)C(=O)O)C(=Cc1ccc([N+](=O)[O-])cc1)NC(=O)c1ccccc1. The second-order valence-corrected chi connectivity index (χ2v) is 7.28. The van der Waals surface area contributed by atoms with Gasteiger partial charge < -0.3 is 15.7 Å². The Bertz CT molecular complexity index is 1210. The molecule has 9 heteroatoms. The van der Waals surface area contributed by atoms with Gasteiger partial charge in [-0.25, -0.2) is 4.79 Å². The van der Waals surface area contributed by atoms with Crippen molar-refractivity contribution in [2.45, 2.75) is 12.5 Å². The molecule has 0 aliphatic carbocycles. The summed E-state index contributed by atoms with van der Waals surface area (Å²) < 4.78 is 0. The number of rotatable bonds is 9. The van der Waals surface area contributed by atoms with Gasteiger partial charge in [0.2, 0.25) is 0 Å². The maximum atomic E-state index is 13.0. The third-order valence-corrected chi connectivity index (χ3v) is 4.83. The number of carbonyl (C=O) groups is 3. The summed E-state index contributed by atoms with van der Waals surface area (Å²) in [6.45, 7) is 0. The maximum Gasteiger partial charge on any atom is 0.326 e. The van der Waals surface area contributed by atoms with Crippen LogP contribution < -0.4 is 10.6 Å². The van der Waals surface area contributed by atoms with Gasteiger partial charge in [0.1, 0.15) is 11.7 Å². The number of nitro groups is 1. The summed E-state index contributed by atoms with van der Waals surface area (Å²) in [6.07, 6.45) is 1.36. The van der Waals surface area contributed by atoms with Gasteiger partial charge in [-0.15, -0.1) is 0 Å².